The molecule has 1 unspecified atom stereocenters. The standard InChI is InChI=1S/C31H44N4O4/c1-21-7-9-23(10-8-21)28-6-4-5-25(39-28)19-33-30-22(2)26(11-15-32-30)31(36)35-16-12-24(13-17-35)34-27-14-18-38-20-29(27)37-3/h7-11,15,24-25,27-29,34H,4-6,12-14,16-20H2,1-3H3,(H,32,33)/t25?,27-,28+,29+/m1/s1. The van der Waals surface area contributed by atoms with Crippen LogP contribution >= 0.6 is 0 Å². The second kappa shape index (κ2) is 13.2. The van der Waals surface area contributed by atoms with Gasteiger partial charge in [0.25, 0.3) is 5.91 Å². The van der Waals surface area contributed by atoms with Crippen LogP contribution in [0.1, 0.15) is 71.7 Å². The first kappa shape index (κ1) is 28.0. The number of methoxy groups -OCH3 is 1. The molecule has 0 aliphatic carbocycles. The van der Waals surface area contributed by atoms with Gasteiger partial charge in [-0.15, -0.1) is 0 Å². The van der Waals surface area contributed by atoms with E-state index in [1.807, 2.05) is 17.9 Å². The summed E-state index contributed by atoms with van der Waals surface area (Å²) in [6.45, 7) is 7.69. The Hall–Kier alpha value is -2.52. The molecule has 0 bridgehead atoms. The molecule has 212 valence electrons. The second-order valence-electron chi connectivity index (χ2n) is 11.3. The number of hydrogen-bond acceptors (Lipinski definition) is 7. The largest absolute Gasteiger partial charge is 0.379 e. The summed E-state index contributed by atoms with van der Waals surface area (Å²) in [7, 11) is 1.75. The number of piperidine rings is 1. The summed E-state index contributed by atoms with van der Waals surface area (Å²) in [5.41, 5.74) is 4.14. The maximum atomic E-state index is 13.5. The number of hydrogen-bond donors (Lipinski definition) is 2. The van der Waals surface area contributed by atoms with Crippen molar-refractivity contribution in [2.24, 2.45) is 0 Å². The first-order valence-electron chi connectivity index (χ1n) is 14.6. The number of carbonyl (C=O) groups excluding carboxylic acids is 1. The molecule has 0 radical (unpaired) electrons. The highest BCUT2D eigenvalue weighted by atomic mass is 16.5. The summed E-state index contributed by atoms with van der Waals surface area (Å²) < 4.78 is 17.6. The van der Waals surface area contributed by atoms with Gasteiger partial charge in [-0.25, -0.2) is 4.98 Å². The third-order valence-corrected chi connectivity index (χ3v) is 8.57. The predicted molar refractivity (Wildman–Crippen MR) is 152 cm³/mol. The van der Waals surface area contributed by atoms with E-state index in [2.05, 4.69) is 46.8 Å². The predicted octanol–water partition coefficient (Wildman–Crippen LogP) is 4.42. The smallest absolute Gasteiger partial charge is 0.254 e. The highest BCUT2D eigenvalue weighted by molar-refractivity contribution is 5.96. The van der Waals surface area contributed by atoms with Gasteiger partial charge in [-0.3, -0.25) is 4.79 Å². The summed E-state index contributed by atoms with van der Waals surface area (Å²) >= 11 is 0. The molecule has 2 aromatic rings. The number of aromatic nitrogens is 1. The van der Waals surface area contributed by atoms with Gasteiger partial charge in [-0.05, 0) is 64.0 Å². The highest BCUT2D eigenvalue weighted by Crippen LogP contribution is 2.32. The lowest BCUT2D eigenvalue weighted by Gasteiger charge is -2.38. The molecular formula is C31H44N4O4. The minimum absolute atomic E-state index is 0.0885. The number of aryl methyl sites for hydroxylation is 1. The average Bonchev–Trinajstić information content (AvgIpc) is 2.97. The normalized spacial score (nSPS) is 26.4. The lowest BCUT2D eigenvalue weighted by molar-refractivity contribution is -0.0533. The Labute approximate surface area is 232 Å². The Morgan fingerprint density at radius 3 is 2.64 bits per heavy atom. The Morgan fingerprint density at radius 1 is 1.08 bits per heavy atom. The Balaban J connectivity index is 1.13. The zero-order valence-electron chi connectivity index (χ0n) is 23.7. The zero-order chi connectivity index (χ0) is 27.2. The first-order valence-corrected chi connectivity index (χ1v) is 14.6. The van der Waals surface area contributed by atoms with Crippen molar-refractivity contribution in [1.82, 2.24) is 15.2 Å². The SMILES string of the molecule is CO[C@H]1COCC[C@H]1NC1CCN(C(=O)c2ccnc(NCC3CCC[C@@H](c4ccc(C)cc4)O3)c2C)CC1. The Morgan fingerprint density at radius 2 is 1.87 bits per heavy atom. The van der Waals surface area contributed by atoms with Crippen LogP contribution in [0.5, 0.6) is 0 Å². The Bertz CT molecular complexity index is 1090. The van der Waals surface area contributed by atoms with Crippen molar-refractivity contribution < 1.29 is 19.0 Å². The van der Waals surface area contributed by atoms with Gasteiger partial charge in [0, 0.05) is 62.8 Å². The van der Waals surface area contributed by atoms with E-state index in [9.17, 15) is 4.79 Å². The molecule has 2 N–H and O–H groups in total. The average molecular weight is 537 g/mol. The van der Waals surface area contributed by atoms with Gasteiger partial charge < -0.3 is 29.7 Å². The van der Waals surface area contributed by atoms with Crippen LogP contribution in [-0.2, 0) is 14.2 Å². The van der Waals surface area contributed by atoms with E-state index in [1.54, 1.807) is 13.3 Å². The van der Waals surface area contributed by atoms with Crippen molar-refractivity contribution >= 4 is 11.7 Å². The summed E-state index contributed by atoms with van der Waals surface area (Å²) in [4.78, 5) is 20.0. The lowest BCUT2D eigenvalue weighted by Crippen LogP contribution is -2.54. The summed E-state index contributed by atoms with van der Waals surface area (Å²) in [5, 5.41) is 7.25. The van der Waals surface area contributed by atoms with Crippen LogP contribution in [-0.4, -0.2) is 80.0 Å². The number of rotatable bonds is 8. The van der Waals surface area contributed by atoms with E-state index in [0.29, 0.717) is 25.2 Å². The van der Waals surface area contributed by atoms with Crippen molar-refractivity contribution in [3.8, 4) is 0 Å². The molecule has 3 fully saturated rings. The van der Waals surface area contributed by atoms with Gasteiger partial charge in [-0.2, -0.15) is 0 Å². The maximum Gasteiger partial charge on any atom is 0.254 e. The topological polar surface area (TPSA) is 85.0 Å². The molecule has 3 saturated heterocycles. The van der Waals surface area contributed by atoms with Gasteiger partial charge in [-0.1, -0.05) is 29.8 Å². The number of nitrogens with zero attached hydrogens (tertiary/aromatic N) is 2. The van der Waals surface area contributed by atoms with E-state index in [0.717, 1.165) is 75.2 Å². The van der Waals surface area contributed by atoms with Crippen LogP contribution in [0, 0.1) is 13.8 Å². The van der Waals surface area contributed by atoms with Crippen molar-refractivity contribution in [3.05, 3.63) is 58.8 Å². The summed E-state index contributed by atoms with van der Waals surface area (Å²) in [6, 6.07) is 11.2. The van der Waals surface area contributed by atoms with Gasteiger partial charge in [0.15, 0.2) is 0 Å². The van der Waals surface area contributed by atoms with E-state index < -0.39 is 0 Å². The van der Waals surface area contributed by atoms with Gasteiger partial charge >= 0.3 is 0 Å². The van der Waals surface area contributed by atoms with Gasteiger partial charge in [0.1, 0.15) is 5.82 Å². The van der Waals surface area contributed by atoms with E-state index >= 15 is 0 Å². The third kappa shape index (κ3) is 6.98. The van der Waals surface area contributed by atoms with E-state index in [4.69, 9.17) is 14.2 Å². The zero-order valence-corrected chi connectivity index (χ0v) is 23.7. The highest BCUT2D eigenvalue weighted by Gasteiger charge is 2.31. The molecule has 4 heterocycles. The fraction of sp³-hybridized carbons (Fsp3) is 0.613. The van der Waals surface area contributed by atoms with Crippen molar-refractivity contribution in [1.29, 1.82) is 0 Å². The molecule has 1 aromatic heterocycles. The van der Waals surface area contributed by atoms with Crippen molar-refractivity contribution in [3.63, 3.8) is 0 Å². The number of ether oxygens (including phenoxy) is 3. The molecule has 3 aliphatic rings. The van der Waals surface area contributed by atoms with Crippen LogP contribution in [0.2, 0.25) is 0 Å². The van der Waals surface area contributed by atoms with Crippen LogP contribution in [0.25, 0.3) is 0 Å². The molecule has 0 spiro atoms. The summed E-state index contributed by atoms with van der Waals surface area (Å²) in [6.07, 6.45) is 8.14. The Kier molecular flexibility index (Phi) is 9.50. The van der Waals surface area contributed by atoms with Crippen molar-refractivity contribution in [2.45, 2.75) is 82.8 Å². The second-order valence-corrected chi connectivity index (χ2v) is 11.3. The minimum atomic E-state index is 0.0885. The molecule has 8 nitrogen and oxygen atoms in total. The third-order valence-electron chi connectivity index (χ3n) is 8.57. The first-order chi connectivity index (χ1) is 19.0. The number of anilines is 1. The fourth-order valence-corrected chi connectivity index (χ4v) is 6.09. The quantitative estimate of drug-likeness (QED) is 0.517. The molecule has 39 heavy (non-hydrogen) atoms. The molecule has 1 aromatic carbocycles. The number of amides is 1. The number of benzene rings is 1. The van der Waals surface area contributed by atoms with Gasteiger partial charge in [0.2, 0.25) is 0 Å². The number of nitrogens with one attached hydrogen (secondary N) is 2. The number of pyridine rings is 1. The summed E-state index contributed by atoms with van der Waals surface area (Å²) in [5.74, 6) is 0.856. The number of carbonyl (C=O) groups is 1. The van der Waals surface area contributed by atoms with E-state index in [1.165, 1.54) is 11.1 Å². The lowest BCUT2D eigenvalue weighted by atomic mass is 9.97. The van der Waals surface area contributed by atoms with Gasteiger partial charge in [0.05, 0.1) is 24.9 Å². The molecule has 5 rings (SSSR count). The number of likely N-dealkylation sites (tertiary alicyclic amines) is 1. The molecular weight excluding hydrogens is 492 g/mol. The maximum absolute atomic E-state index is 13.5. The van der Waals surface area contributed by atoms with Crippen LogP contribution in [0.3, 0.4) is 0 Å². The minimum Gasteiger partial charge on any atom is -0.379 e. The van der Waals surface area contributed by atoms with Crippen LogP contribution in [0.4, 0.5) is 5.82 Å². The molecule has 8 heteroatoms. The monoisotopic (exact) mass is 536 g/mol. The van der Waals surface area contributed by atoms with E-state index in [-0.39, 0.29) is 24.2 Å². The molecule has 1 amide bonds. The fourth-order valence-electron chi connectivity index (χ4n) is 6.09. The molecule has 3 aliphatic heterocycles. The molecule has 4 atom stereocenters. The van der Waals surface area contributed by atoms with Crippen molar-refractivity contribution in [2.75, 3.05) is 45.3 Å². The molecule has 0 saturated carbocycles. The van der Waals surface area contributed by atoms with Crippen LogP contribution < -0.4 is 10.6 Å². The van der Waals surface area contributed by atoms with Crippen LogP contribution in [0.15, 0.2) is 36.5 Å².